The fourth-order valence-electron chi connectivity index (χ4n) is 3.72. The number of carbonyl (C=O) groups excluding carboxylic acids is 1. The highest BCUT2D eigenvalue weighted by Gasteiger charge is 2.30. The summed E-state index contributed by atoms with van der Waals surface area (Å²) in [5, 5.41) is 25.5. The summed E-state index contributed by atoms with van der Waals surface area (Å²) < 4.78 is 5.46. The van der Waals surface area contributed by atoms with Crippen LogP contribution in [0.25, 0.3) is 22.2 Å². The van der Waals surface area contributed by atoms with Crippen LogP contribution in [0.1, 0.15) is 21.7 Å². The first-order chi connectivity index (χ1) is 14.4. The summed E-state index contributed by atoms with van der Waals surface area (Å²) in [5.74, 6) is -0.257. The van der Waals surface area contributed by atoms with E-state index < -0.39 is 0 Å². The maximum absolute atomic E-state index is 13.1. The average molecular weight is 444 g/mol. The molecule has 4 aromatic rings. The van der Waals surface area contributed by atoms with Gasteiger partial charge in [-0.25, -0.2) is 0 Å². The van der Waals surface area contributed by atoms with Gasteiger partial charge in [-0.05, 0) is 30.3 Å². The second kappa shape index (κ2) is 6.97. The third kappa shape index (κ3) is 3.07. The molecule has 3 heterocycles. The Hall–Kier alpha value is -3.16. The number of aromatic amines is 1. The number of benzene rings is 2. The van der Waals surface area contributed by atoms with Gasteiger partial charge in [0.1, 0.15) is 17.2 Å². The maximum atomic E-state index is 13.1. The Morgan fingerprint density at radius 2 is 1.97 bits per heavy atom. The van der Waals surface area contributed by atoms with Crippen LogP contribution in [0.4, 0.5) is 0 Å². The topological polar surface area (TPSA) is 103 Å². The summed E-state index contributed by atoms with van der Waals surface area (Å²) in [5.41, 5.74) is 3.02. The lowest BCUT2D eigenvalue weighted by Crippen LogP contribution is -2.36. The van der Waals surface area contributed by atoms with E-state index in [1.807, 2.05) is 6.07 Å². The number of H-pyrrole nitrogens is 1. The van der Waals surface area contributed by atoms with E-state index in [1.165, 1.54) is 6.07 Å². The van der Waals surface area contributed by atoms with Crippen LogP contribution >= 0.6 is 23.2 Å². The number of amides is 1. The predicted molar refractivity (Wildman–Crippen MR) is 112 cm³/mol. The van der Waals surface area contributed by atoms with Crippen molar-refractivity contribution in [3.05, 3.63) is 63.4 Å². The molecule has 9 heteroatoms. The van der Waals surface area contributed by atoms with Gasteiger partial charge in [-0.15, -0.1) is 0 Å². The zero-order valence-corrected chi connectivity index (χ0v) is 17.0. The summed E-state index contributed by atoms with van der Waals surface area (Å²) in [7, 11) is 0. The number of aromatic hydroxyl groups is 2. The van der Waals surface area contributed by atoms with Crippen LogP contribution in [-0.4, -0.2) is 37.7 Å². The van der Waals surface area contributed by atoms with Gasteiger partial charge in [0.2, 0.25) is 0 Å². The summed E-state index contributed by atoms with van der Waals surface area (Å²) in [6.45, 7) is 0.747. The summed E-state index contributed by atoms with van der Waals surface area (Å²) >= 11 is 12.0. The Balaban J connectivity index is 1.48. The molecule has 2 aromatic carbocycles. The van der Waals surface area contributed by atoms with Crippen LogP contribution < -0.4 is 0 Å². The molecule has 1 aliphatic heterocycles. The van der Waals surface area contributed by atoms with Crippen molar-refractivity contribution in [3.8, 4) is 22.8 Å². The molecule has 7 nitrogen and oxygen atoms in total. The molecule has 30 heavy (non-hydrogen) atoms. The molecule has 0 aliphatic carbocycles. The third-order valence-corrected chi connectivity index (χ3v) is 5.79. The van der Waals surface area contributed by atoms with Gasteiger partial charge in [0.25, 0.3) is 5.91 Å². The first-order valence-corrected chi connectivity index (χ1v) is 9.93. The van der Waals surface area contributed by atoms with Gasteiger partial charge in [0.05, 0.1) is 22.8 Å². The smallest absolute Gasteiger partial charge is 0.270 e. The molecule has 0 fully saturated rings. The van der Waals surface area contributed by atoms with Crippen LogP contribution in [-0.2, 0) is 13.0 Å². The van der Waals surface area contributed by atoms with Gasteiger partial charge in [0.15, 0.2) is 5.76 Å². The highest BCUT2D eigenvalue weighted by Crippen LogP contribution is 2.40. The standard InChI is InChI=1S/C21H15Cl2N3O4/c22-11-1-2-15-10(5-11)6-17(24-15)21(29)26-4-3-16-13(9-26)20(30-25-16)12-7-14(23)19(28)8-18(12)27/h1-2,5-8,24,27-28H,3-4,9H2. The number of phenolic OH excluding ortho intramolecular Hbond substituents is 2. The molecule has 0 saturated heterocycles. The molecule has 0 saturated carbocycles. The third-order valence-electron chi connectivity index (χ3n) is 5.25. The summed E-state index contributed by atoms with van der Waals surface area (Å²) in [6, 6.07) is 9.73. The van der Waals surface area contributed by atoms with Crippen molar-refractivity contribution in [3.63, 3.8) is 0 Å². The number of hydrogen-bond donors (Lipinski definition) is 3. The number of hydrogen-bond acceptors (Lipinski definition) is 5. The van der Waals surface area contributed by atoms with E-state index in [4.69, 9.17) is 27.7 Å². The van der Waals surface area contributed by atoms with E-state index in [1.54, 1.807) is 23.1 Å². The van der Waals surface area contributed by atoms with Crippen molar-refractivity contribution in [2.75, 3.05) is 6.54 Å². The molecule has 152 valence electrons. The number of fused-ring (bicyclic) bond motifs is 2. The fraction of sp³-hybridized carbons (Fsp3) is 0.143. The first-order valence-electron chi connectivity index (χ1n) is 9.17. The van der Waals surface area contributed by atoms with Crippen molar-refractivity contribution >= 4 is 40.0 Å². The van der Waals surface area contributed by atoms with E-state index in [-0.39, 0.29) is 29.0 Å². The molecule has 0 radical (unpaired) electrons. The lowest BCUT2D eigenvalue weighted by molar-refractivity contribution is 0.0729. The molecule has 0 atom stereocenters. The minimum Gasteiger partial charge on any atom is -0.507 e. The van der Waals surface area contributed by atoms with Crippen LogP contribution in [0.3, 0.4) is 0 Å². The monoisotopic (exact) mass is 443 g/mol. The van der Waals surface area contributed by atoms with Gasteiger partial charge in [-0.3, -0.25) is 4.79 Å². The molecule has 2 aromatic heterocycles. The SMILES string of the molecule is O=C(c1cc2cc(Cl)ccc2[nH]1)N1CCc2noc(-c3cc(Cl)c(O)cc3O)c2C1. The zero-order valence-electron chi connectivity index (χ0n) is 15.4. The minimum absolute atomic E-state index is 0.0772. The molecule has 0 spiro atoms. The molecule has 0 bridgehead atoms. The van der Waals surface area contributed by atoms with Crippen molar-refractivity contribution in [2.45, 2.75) is 13.0 Å². The van der Waals surface area contributed by atoms with E-state index in [0.29, 0.717) is 40.6 Å². The lowest BCUT2D eigenvalue weighted by atomic mass is 10.0. The molecular weight excluding hydrogens is 429 g/mol. The number of halogens is 2. The van der Waals surface area contributed by atoms with E-state index in [0.717, 1.165) is 22.7 Å². The number of rotatable bonds is 2. The van der Waals surface area contributed by atoms with E-state index in [2.05, 4.69) is 10.1 Å². The van der Waals surface area contributed by atoms with Gasteiger partial charge in [-0.1, -0.05) is 28.4 Å². The molecule has 5 rings (SSSR count). The normalized spacial score (nSPS) is 13.6. The first kappa shape index (κ1) is 18.8. The van der Waals surface area contributed by atoms with Crippen molar-refractivity contribution < 1.29 is 19.5 Å². The van der Waals surface area contributed by atoms with Crippen LogP contribution in [0, 0.1) is 0 Å². The Morgan fingerprint density at radius 1 is 1.13 bits per heavy atom. The van der Waals surface area contributed by atoms with Gasteiger partial charge < -0.3 is 24.6 Å². The number of nitrogens with zero attached hydrogens (tertiary/aromatic N) is 2. The van der Waals surface area contributed by atoms with Crippen LogP contribution in [0.15, 0.2) is 40.9 Å². The maximum Gasteiger partial charge on any atom is 0.270 e. The number of aromatic nitrogens is 2. The minimum atomic E-state index is -0.234. The van der Waals surface area contributed by atoms with Crippen molar-refractivity contribution in [1.82, 2.24) is 15.0 Å². The van der Waals surface area contributed by atoms with Crippen LogP contribution in [0.2, 0.25) is 10.0 Å². The summed E-state index contributed by atoms with van der Waals surface area (Å²) in [4.78, 5) is 17.9. The van der Waals surface area contributed by atoms with Crippen LogP contribution in [0.5, 0.6) is 11.5 Å². The second-order valence-electron chi connectivity index (χ2n) is 7.15. The quantitative estimate of drug-likeness (QED) is 0.415. The van der Waals surface area contributed by atoms with E-state index >= 15 is 0 Å². The van der Waals surface area contributed by atoms with Gasteiger partial charge in [-0.2, -0.15) is 0 Å². The van der Waals surface area contributed by atoms with Crippen molar-refractivity contribution in [1.29, 1.82) is 0 Å². The fourth-order valence-corrected chi connectivity index (χ4v) is 4.06. The predicted octanol–water partition coefficient (Wildman–Crippen LogP) is 4.74. The molecular formula is C21H15Cl2N3O4. The molecule has 1 aliphatic rings. The number of nitrogens with one attached hydrogen (secondary N) is 1. The second-order valence-corrected chi connectivity index (χ2v) is 7.99. The van der Waals surface area contributed by atoms with E-state index in [9.17, 15) is 15.0 Å². The summed E-state index contributed by atoms with van der Waals surface area (Å²) in [6.07, 6.45) is 0.517. The van der Waals surface area contributed by atoms with Crippen molar-refractivity contribution in [2.24, 2.45) is 0 Å². The molecule has 3 N–H and O–H groups in total. The highest BCUT2D eigenvalue weighted by atomic mass is 35.5. The highest BCUT2D eigenvalue weighted by molar-refractivity contribution is 6.32. The largest absolute Gasteiger partial charge is 0.507 e. The Labute approximate surface area is 180 Å². The zero-order chi connectivity index (χ0) is 21.0. The lowest BCUT2D eigenvalue weighted by Gasteiger charge is -2.26. The molecule has 0 unspecified atom stereocenters. The van der Waals surface area contributed by atoms with Gasteiger partial charge >= 0.3 is 0 Å². The average Bonchev–Trinajstić information content (AvgIpc) is 3.33. The number of phenols is 2. The Morgan fingerprint density at radius 3 is 2.80 bits per heavy atom. The Kier molecular flexibility index (Phi) is 4.38. The number of carbonyl (C=O) groups is 1. The van der Waals surface area contributed by atoms with Gasteiger partial charge in [0, 0.05) is 40.5 Å². The molecule has 1 amide bonds. The Bertz CT molecular complexity index is 1310.